The van der Waals surface area contributed by atoms with Gasteiger partial charge in [-0.1, -0.05) is 42.1 Å². The van der Waals surface area contributed by atoms with Crippen molar-refractivity contribution in [2.75, 3.05) is 6.54 Å². The van der Waals surface area contributed by atoms with Gasteiger partial charge in [-0.15, -0.1) is 0 Å². The summed E-state index contributed by atoms with van der Waals surface area (Å²) in [5.74, 6) is -0.0893. The van der Waals surface area contributed by atoms with Gasteiger partial charge in [0.05, 0.1) is 11.3 Å². The van der Waals surface area contributed by atoms with Gasteiger partial charge in [0.1, 0.15) is 5.95 Å². The van der Waals surface area contributed by atoms with Crippen molar-refractivity contribution < 1.29 is 19.1 Å². The van der Waals surface area contributed by atoms with Crippen LogP contribution in [0.1, 0.15) is 49.4 Å². The summed E-state index contributed by atoms with van der Waals surface area (Å²) in [6.07, 6.45) is 8.07. The first kappa shape index (κ1) is 17.3. The van der Waals surface area contributed by atoms with Crippen molar-refractivity contribution in [2.45, 2.75) is 51.1 Å². The lowest BCUT2D eigenvalue weighted by Crippen LogP contribution is -2.50. The number of hydrogen-bond acceptors (Lipinski definition) is 4. The van der Waals surface area contributed by atoms with Crippen LogP contribution in [0.2, 0.25) is 0 Å². The molecule has 2 aromatic heterocycles. The summed E-state index contributed by atoms with van der Waals surface area (Å²) in [6, 6.07) is 8.46. The zero-order valence-electron chi connectivity index (χ0n) is 15.8. The van der Waals surface area contributed by atoms with Crippen LogP contribution in [0.25, 0.3) is 10.9 Å². The van der Waals surface area contributed by atoms with E-state index in [0.29, 0.717) is 12.5 Å². The number of carbonyl (C=O) groups excluding carboxylic acids is 1. The lowest BCUT2D eigenvalue weighted by atomic mass is 9.79. The van der Waals surface area contributed by atoms with Crippen LogP contribution in [-0.2, 0) is 17.8 Å². The van der Waals surface area contributed by atoms with Crippen molar-refractivity contribution in [1.29, 1.82) is 0 Å². The van der Waals surface area contributed by atoms with Crippen molar-refractivity contribution in [3.05, 3.63) is 41.7 Å². The average molecular weight is 380 g/mol. The maximum Gasteiger partial charge on any atom is 0.291 e. The minimum atomic E-state index is -0.534. The molecule has 1 amide bonds. The predicted molar refractivity (Wildman–Crippen MR) is 99.2 cm³/mol. The Morgan fingerprint density at radius 1 is 1.29 bits per heavy atom. The van der Waals surface area contributed by atoms with Crippen molar-refractivity contribution >= 4 is 16.8 Å². The Morgan fingerprint density at radius 3 is 2.89 bits per heavy atom. The lowest BCUT2D eigenvalue weighted by molar-refractivity contribution is -0.751. The number of H-pyrrole nitrogens is 1. The zero-order chi connectivity index (χ0) is 19.1. The van der Waals surface area contributed by atoms with Gasteiger partial charge in [-0.25, -0.2) is 0 Å². The summed E-state index contributed by atoms with van der Waals surface area (Å²) in [6.45, 7) is 0.724. The molecule has 28 heavy (non-hydrogen) atoms. The van der Waals surface area contributed by atoms with Gasteiger partial charge in [0, 0.05) is 23.1 Å². The summed E-state index contributed by atoms with van der Waals surface area (Å²) in [5.41, 5.74) is 3.69. The van der Waals surface area contributed by atoms with Gasteiger partial charge in [-0.2, -0.15) is 0 Å². The topological polar surface area (TPSA) is 89.1 Å². The van der Waals surface area contributed by atoms with E-state index in [1.54, 1.807) is 0 Å². The largest absolute Gasteiger partial charge is 0.539 e. The molecular weight excluding hydrogens is 356 g/mol. The second kappa shape index (κ2) is 6.96. The number of carbonyl (C=O) groups is 1. The second-order valence-electron chi connectivity index (χ2n) is 7.96. The monoisotopic (exact) mass is 380 g/mol. The van der Waals surface area contributed by atoms with E-state index in [0.717, 1.165) is 24.8 Å². The molecule has 1 fully saturated rings. The highest BCUT2D eigenvalue weighted by molar-refractivity contribution is 5.86. The van der Waals surface area contributed by atoms with Gasteiger partial charge < -0.3 is 19.5 Å². The van der Waals surface area contributed by atoms with E-state index in [4.69, 9.17) is 0 Å². The molecule has 1 N–H and O–H groups in total. The highest BCUT2D eigenvalue weighted by Gasteiger charge is 2.39. The van der Waals surface area contributed by atoms with Gasteiger partial charge >= 0.3 is 0 Å². The molecule has 5 rings (SSSR count). The molecule has 1 aromatic carbocycles. The molecule has 1 aliphatic carbocycles. The summed E-state index contributed by atoms with van der Waals surface area (Å²) in [4.78, 5) is 18.8. The number of nitrogens with one attached hydrogen (secondary N) is 1. The Balaban J connectivity index is 1.52. The lowest BCUT2D eigenvalue weighted by Gasteiger charge is -2.41. The molecule has 0 radical (unpaired) electrons. The smallest absolute Gasteiger partial charge is 0.291 e. The Kier molecular flexibility index (Phi) is 4.30. The van der Waals surface area contributed by atoms with Crippen LogP contribution in [0.5, 0.6) is 5.95 Å². The first-order valence-electron chi connectivity index (χ1n) is 10.1. The Morgan fingerprint density at radius 2 is 2.11 bits per heavy atom. The fraction of sp³-hybridized carbons (Fsp3) is 0.476. The molecule has 0 bridgehead atoms. The normalized spacial score (nSPS) is 20.4. The third-order valence-electron chi connectivity index (χ3n) is 6.28. The van der Waals surface area contributed by atoms with Gasteiger partial charge in [0.2, 0.25) is 6.20 Å². The molecule has 7 heteroatoms. The molecular formula is C21H24N4O3. The number of aromatic nitrogens is 3. The van der Waals surface area contributed by atoms with Crippen LogP contribution in [0.15, 0.2) is 35.0 Å². The first-order valence-corrected chi connectivity index (χ1v) is 10.1. The molecule has 0 saturated heterocycles. The highest BCUT2D eigenvalue weighted by atomic mass is 16.6. The third kappa shape index (κ3) is 2.95. The van der Waals surface area contributed by atoms with Crippen LogP contribution in [0, 0.1) is 5.92 Å². The summed E-state index contributed by atoms with van der Waals surface area (Å²) in [7, 11) is 0. The maximum absolute atomic E-state index is 13.2. The number of hydrogen-bond donors (Lipinski definition) is 1. The SMILES string of the molecule is O=C(C[n+]1cc([O-])on1)N1CCc2c([nH]c3ccccc23)C1C1CCCCC1. The van der Waals surface area contributed by atoms with E-state index in [1.807, 2.05) is 11.0 Å². The van der Waals surface area contributed by atoms with E-state index < -0.39 is 5.95 Å². The summed E-state index contributed by atoms with van der Waals surface area (Å²) in [5, 5.41) is 16.2. The molecule has 3 aromatic rings. The molecule has 146 valence electrons. The molecule has 1 atom stereocenters. The number of benzene rings is 1. The fourth-order valence-corrected chi connectivity index (χ4v) is 5.06. The van der Waals surface area contributed by atoms with E-state index in [9.17, 15) is 9.90 Å². The van der Waals surface area contributed by atoms with Crippen LogP contribution in [0.3, 0.4) is 0 Å². The zero-order valence-corrected chi connectivity index (χ0v) is 15.8. The number of amides is 1. The fourth-order valence-electron chi connectivity index (χ4n) is 5.06. The standard InChI is InChI=1S/C21H24N4O3/c26-18(12-24-13-19(27)28-23-24)25-11-10-16-15-8-4-5-9-17(15)22-20(16)21(25)14-6-2-1-3-7-14/h4-5,8-9,13-14,21-22H,1-3,6-7,10-12H2. The molecule has 1 saturated carbocycles. The van der Waals surface area contributed by atoms with E-state index in [-0.39, 0.29) is 18.5 Å². The van der Waals surface area contributed by atoms with Crippen LogP contribution >= 0.6 is 0 Å². The number of para-hydroxylation sites is 1. The van der Waals surface area contributed by atoms with Crippen molar-refractivity contribution in [3.63, 3.8) is 0 Å². The first-order chi connectivity index (χ1) is 13.7. The van der Waals surface area contributed by atoms with Crippen LogP contribution in [0.4, 0.5) is 0 Å². The number of aromatic amines is 1. The Bertz CT molecular complexity index is 1000. The second-order valence-corrected chi connectivity index (χ2v) is 7.96. The maximum atomic E-state index is 13.2. The molecule has 3 heterocycles. The van der Waals surface area contributed by atoms with Gasteiger partial charge in [0.15, 0.2) is 0 Å². The molecule has 0 spiro atoms. The summed E-state index contributed by atoms with van der Waals surface area (Å²) >= 11 is 0. The van der Waals surface area contributed by atoms with Gasteiger partial charge in [-0.05, 0) is 36.8 Å². The Hall–Kier alpha value is -2.83. The number of rotatable bonds is 3. The average Bonchev–Trinajstić information content (AvgIpc) is 3.30. The van der Waals surface area contributed by atoms with Gasteiger partial charge in [0.25, 0.3) is 12.5 Å². The minimum Gasteiger partial charge on any atom is -0.539 e. The van der Waals surface area contributed by atoms with Crippen LogP contribution < -0.4 is 9.79 Å². The number of nitrogens with zero attached hydrogens (tertiary/aromatic N) is 3. The molecule has 2 aliphatic rings. The quantitative estimate of drug-likeness (QED) is 0.706. The number of fused-ring (bicyclic) bond motifs is 3. The van der Waals surface area contributed by atoms with Crippen molar-refractivity contribution in [1.82, 2.24) is 15.2 Å². The predicted octanol–water partition coefficient (Wildman–Crippen LogP) is 2.22. The van der Waals surface area contributed by atoms with E-state index >= 15 is 0 Å². The van der Waals surface area contributed by atoms with Gasteiger partial charge in [-0.3, -0.25) is 4.79 Å². The highest BCUT2D eigenvalue weighted by Crippen LogP contribution is 2.43. The Labute approximate surface area is 162 Å². The van der Waals surface area contributed by atoms with E-state index in [1.165, 1.54) is 46.8 Å². The van der Waals surface area contributed by atoms with E-state index in [2.05, 4.69) is 33.0 Å². The van der Waals surface area contributed by atoms with Crippen molar-refractivity contribution in [3.8, 4) is 5.95 Å². The summed E-state index contributed by atoms with van der Waals surface area (Å²) < 4.78 is 5.87. The molecule has 1 unspecified atom stereocenters. The minimum absolute atomic E-state index is 0.0156. The van der Waals surface area contributed by atoms with Crippen molar-refractivity contribution in [2.24, 2.45) is 5.92 Å². The van der Waals surface area contributed by atoms with Crippen LogP contribution in [-0.4, -0.2) is 27.6 Å². The molecule has 7 nitrogen and oxygen atoms in total. The molecule has 1 aliphatic heterocycles. The third-order valence-corrected chi connectivity index (χ3v) is 6.28.